The molecule has 2 aromatic rings. The second-order valence-electron chi connectivity index (χ2n) is 6.17. The number of rotatable bonds is 5. The summed E-state index contributed by atoms with van der Waals surface area (Å²) >= 11 is 1.15. The summed E-state index contributed by atoms with van der Waals surface area (Å²) in [6.45, 7) is 3.87. The van der Waals surface area contributed by atoms with Gasteiger partial charge in [-0.3, -0.25) is 9.52 Å². The summed E-state index contributed by atoms with van der Waals surface area (Å²) in [5.41, 5.74) is 0.816. The number of nitrogens with one attached hydrogen (secondary N) is 3. The first-order valence-corrected chi connectivity index (χ1v) is 10.5. The van der Waals surface area contributed by atoms with Crippen molar-refractivity contribution in [2.75, 3.05) is 17.8 Å². The highest BCUT2D eigenvalue weighted by molar-refractivity contribution is 7.94. The van der Waals surface area contributed by atoms with Crippen LogP contribution in [0.25, 0.3) is 0 Å². The molecule has 1 aliphatic rings. The number of hydrogen-bond acceptors (Lipinski definition) is 5. The quantitative estimate of drug-likeness (QED) is 0.700. The van der Waals surface area contributed by atoms with Gasteiger partial charge in [-0.2, -0.15) is 0 Å². The predicted molar refractivity (Wildman–Crippen MR) is 107 cm³/mol. The predicted octanol–water partition coefficient (Wildman–Crippen LogP) is 2.70. The Bertz CT molecular complexity index is 841. The van der Waals surface area contributed by atoms with Crippen molar-refractivity contribution in [2.45, 2.75) is 23.6 Å². The van der Waals surface area contributed by atoms with E-state index < -0.39 is 10.0 Å². The van der Waals surface area contributed by atoms with Crippen LogP contribution in [0.5, 0.6) is 0 Å². The normalized spacial score (nSPS) is 20.0. The number of hydrogen-bond donors (Lipinski definition) is 3. The maximum absolute atomic E-state index is 12.5. The minimum Gasteiger partial charge on any atom is -0.349 e. The third kappa shape index (κ3) is 4.97. The van der Waals surface area contributed by atoms with Crippen molar-refractivity contribution in [1.82, 2.24) is 10.6 Å². The molecule has 1 saturated heterocycles. The zero-order valence-electron chi connectivity index (χ0n) is 14.3. The lowest BCUT2D eigenvalue weighted by molar-refractivity contribution is 0.0914. The number of piperidine rings is 1. The summed E-state index contributed by atoms with van der Waals surface area (Å²) in [7, 11) is -3.62. The Morgan fingerprint density at radius 3 is 2.77 bits per heavy atom. The van der Waals surface area contributed by atoms with Gasteiger partial charge < -0.3 is 10.6 Å². The van der Waals surface area contributed by atoms with Crippen LogP contribution in [-0.2, 0) is 10.0 Å². The summed E-state index contributed by atoms with van der Waals surface area (Å²) in [5, 5.41) is 8.05. The highest BCUT2D eigenvalue weighted by atomic mass is 35.5. The van der Waals surface area contributed by atoms with Crippen LogP contribution in [0.2, 0.25) is 0 Å². The van der Waals surface area contributed by atoms with Gasteiger partial charge in [-0.25, -0.2) is 8.42 Å². The van der Waals surface area contributed by atoms with Gasteiger partial charge in [-0.1, -0.05) is 19.1 Å². The summed E-state index contributed by atoms with van der Waals surface area (Å²) in [4.78, 5) is 12.5. The van der Waals surface area contributed by atoms with Crippen molar-refractivity contribution < 1.29 is 13.2 Å². The van der Waals surface area contributed by atoms with Crippen LogP contribution >= 0.6 is 23.7 Å². The number of halogens is 1. The van der Waals surface area contributed by atoms with E-state index in [-0.39, 0.29) is 28.6 Å². The Hall–Kier alpha value is -1.61. The fourth-order valence-corrected chi connectivity index (χ4v) is 4.87. The first-order valence-electron chi connectivity index (χ1n) is 8.14. The van der Waals surface area contributed by atoms with Crippen LogP contribution in [0.3, 0.4) is 0 Å². The van der Waals surface area contributed by atoms with E-state index in [0.29, 0.717) is 17.2 Å². The molecule has 26 heavy (non-hydrogen) atoms. The molecule has 2 unspecified atom stereocenters. The number of anilines is 1. The lowest BCUT2D eigenvalue weighted by Gasteiger charge is -2.30. The fraction of sp³-hybridized carbons (Fsp3) is 0.353. The van der Waals surface area contributed by atoms with Gasteiger partial charge >= 0.3 is 0 Å². The highest BCUT2D eigenvalue weighted by Crippen LogP contribution is 2.21. The van der Waals surface area contributed by atoms with Crippen LogP contribution < -0.4 is 15.4 Å². The monoisotopic (exact) mass is 415 g/mol. The van der Waals surface area contributed by atoms with Crippen molar-refractivity contribution >= 4 is 45.4 Å². The molecule has 0 saturated carbocycles. The highest BCUT2D eigenvalue weighted by Gasteiger charge is 2.23. The minimum absolute atomic E-state index is 0. The van der Waals surface area contributed by atoms with Gasteiger partial charge in [0, 0.05) is 17.3 Å². The topological polar surface area (TPSA) is 87.3 Å². The van der Waals surface area contributed by atoms with Crippen molar-refractivity contribution in [1.29, 1.82) is 0 Å². The molecule has 0 radical (unpaired) electrons. The largest absolute Gasteiger partial charge is 0.349 e. The lowest BCUT2D eigenvalue weighted by atomic mass is 9.95. The second kappa shape index (κ2) is 8.85. The van der Waals surface area contributed by atoms with E-state index in [1.165, 1.54) is 0 Å². The molecule has 2 heterocycles. The molecule has 0 bridgehead atoms. The Morgan fingerprint density at radius 1 is 1.27 bits per heavy atom. The SMILES string of the molecule is CC1CNCCC1NC(=O)c1cccc(NS(=O)(=O)c2cccs2)c1.Cl. The number of benzene rings is 1. The Balaban J connectivity index is 0.00000243. The van der Waals surface area contributed by atoms with Gasteiger partial charge in [-0.05, 0) is 55.1 Å². The molecule has 3 rings (SSSR count). The van der Waals surface area contributed by atoms with Crippen LogP contribution in [0.15, 0.2) is 46.0 Å². The van der Waals surface area contributed by atoms with Gasteiger partial charge in [0.15, 0.2) is 0 Å². The smallest absolute Gasteiger partial charge is 0.271 e. The van der Waals surface area contributed by atoms with Gasteiger partial charge in [0.1, 0.15) is 4.21 Å². The number of thiophene rings is 1. The van der Waals surface area contributed by atoms with E-state index in [2.05, 4.69) is 22.3 Å². The summed E-state index contributed by atoms with van der Waals surface area (Å²) in [6, 6.07) is 9.91. The molecule has 0 spiro atoms. The van der Waals surface area contributed by atoms with Gasteiger partial charge in [0.2, 0.25) is 0 Å². The van der Waals surface area contributed by atoms with E-state index in [0.717, 1.165) is 30.8 Å². The Kier molecular flexibility index (Phi) is 7.05. The van der Waals surface area contributed by atoms with Crippen LogP contribution in [0.1, 0.15) is 23.7 Å². The summed E-state index contributed by atoms with van der Waals surface area (Å²) < 4.78 is 27.4. The fourth-order valence-electron chi connectivity index (χ4n) is 2.83. The van der Waals surface area contributed by atoms with Crippen LogP contribution in [0.4, 0.5) is 5.69 Å². The van der Waals surface area contributed by atoms with Crippen LogP contribution in [0, 0.1) is 5.92 Å². The van der Waals surface area contributed by atoms with Crippen molar-refractivity contribution in [3.8, 4) is 0 Å². The molecule has 142 valence electrons. The van der Waals surface area contributed by atoms with Crippen molar-refractivity contribution in [2.24, 2.45) is 5.92 Å². The molecule has 3 N–H and O–H groups in total. The zero-order valence-corrected chi connectivity index (χ0v) is 16.7. The average Bonchev–Trinajstić information content (AvgIpc) is 3.12. The first-order chi connectivity index (χ1) is 12.0. The second-order valence-corrected chi connectivity index (χ2v) is 9.03. The number of carbonyl (C=O) groups excluding carboxylic acids is 1. The lowest BCUT2D eigenvalue weighted by Crippen LogP contribution is -2.48. The number of amides is 1. The van der Waals surface area contributed by atoms with Gasteiger partial charge in [-0.15, -0.1) is 23.7 Å². The van der Waals surface area contributed by atoms with Crippen LogP contribution in [-0.4, -0.2) is 33.5 Å². The van der Waals surface area contributed by atoms with E-state index >= 15 is 0 Å². The van der Waals surface area contributed by atoms with Gasteiger partial charge in [0.25, 0.3) is 15.9 Å². The van der Waals surface area contributed by atoms with Crippen molar-refractivity contribution in [3.05, 3.63) is 47.3 Å². The van der Waals surface area contributed by atoms with Gasteiger partial charge in [0.05, 0.1) is 0 Å². The maximum atomic E-state index is 12.5. The Labute approximate surface area is 163 Å². The molecule has 0 aliphatic carbocycles. The molecule has 1 amide bonds. The average molecular weight is 416 g/mol. The molecule has 1 fully saturated rings. The van der Waals surface area contributed by atoms with E-state index in [1.54, 1.807) is 41.8 Å². The molecular formula is C17H22ClN3O3S2. The summed E-state index contributed by atoms with van der Waals surface area (Å²) in [5.74, 6) is 0.175. The molecule has 1 aromatic heterocycles. The zero-order chi connectivity index (χ0) is 17.9. The third-order valence-corrected chi connectivity index (χ3v) is 7.02. The standard InChI is InChI=1S/C17H21N3O3S2.ClH/c1-12-11-18-8-7-15(12)19-17(21)13-4-2-5-14(10-13)20-25(22,23)16-6-3-9-24-16;/h2-6,9-10,12,15,18,20H,7-8,11H2,1H3,(H,19,21);1H. The molecule has 1 aromatic carbocycles. The number of carbonyl (C=O) groups is 1. The summed E-state index contributed by atoms with van der Waals surface area (Å²) in [6.07, 6.45) is 0.887. The van der Waals surface area contributed by atoms with Crippen molar-refractivity contribution in [3.63, 3.8) is 0 Å². The molecule has 6 nitrogen and oxygen atoms in total. The molecule has 2 atom stereocenters. The molecule has 1 aliphatic heterocycles. The third-order valence-electron chi connectivity index (χ3n) is 4.24. The maximum Gasteiger partial charge on any atom is 0.271 e. The molecular weight excluding hydrogens is 394 g/mol. The van der Waals surface area contributed by atoms with E-state index in [1.807, 2.05) is 0 Å². The van der Waals surface area contributed by atoms with E-state index in [9.17, 15) is 13.2 Å². The molecule has 9 heteroatoms. The van der Waals surface area contributed by atoms with E-state index in [4.69, 9.17) is 0 Å². The first kappa shape index (κ1) is 20.7. The number of sulfonamides is 1. The Morgan fingerprint density at radius 2 is 2.08 bits per heavy atom. The minimum atomic E-state index is -3.62.